The molecule has 1 aliphatic heterocycles. The van der Waals surface area contributed by atoms with Gasteiger partial charge in [0.1, 0.15) is 6.61 Å². The molecule has 0 bridgehead atoms. The van der Waals surface area contributed by atoms with Crippen LogP contribution in [0.5, 0.6) is 11.5 Å². The molecule has 0 aliphatic carbocycles. The first-order valence-corrected chi connectivity index (χ1v) is 11.2. The van der Waals surface area contributed by atoms with Crippen LogP contribution in [0, 0.1) is 17.6 Å². The van der Waals surface area contributed by atoms with Gasteiger partial charge in [-0.15, -0.1) is 6.58 Å². The van der Waals surface area contributed by atoms with Gasteiger partial charge in [-0.05, 0) is 61.3 Å². The summed E-state index contributed by atoms with van der Waals surface area (Å²) in [5, 5.41) is 0. The zero-order valence-corrected chi connectivity index (χ0v) is 18.2. The van der Waals surface area contributed by atoms with Crippen LogP contribution in [0.4, 0.5) is 8.78 Å². The number of ether oxygens (including phenoxy) is 3. The summed E-state index contributed by atoms with van der Waals surface area (Å²) >= 11 is 0. The molecule has 0 saturated carbocycles. The lowest BCUT2D eigenvalue weighted by Gasteiger charge is -2.29. The number of allylic oxidation sites excluding steroid dienone is 1. The molecule has 0 aromatic heterocycles. The predicted octanol–water partition coefficient (Wildman–Crippen LogP) is 7.16. The molecule has 0 spiro atoms. The van der Waals surface area contributed by atoms with Crippen molar-refractivity contribution in [2.24, 2.45) is 5.92 Å². The van der Waals surface area contributed by atoms with E-state index >= 15 is 0 Å². The second kappa shape index (κ2) is 11.8. The standard InChI is InChI=1S/C26H32F2O3/c1-3-5-7-19-10-13-22(30-17-19)21-11-8-20(9-12-21)18-31-24-15-14-23(25(27)26(24)28)29-16-6-4-2/h3,8-9,11-12,14-15,19,22H,1,4-7,10,13,16-18H2,2H3. The molecule has 2 unspecified atom stereocenters. The normalized spacial score (nSPS) is 18.5. The van der Waals surface area contributed by atoms with Crippen LogP contribution in [0.25, 0.3) is 0 Å². The number of unbranched alkanes of at least 4 members (excludes halogenated alkanes) is 1. The van der Waals surface area contributed by atoms with Crippen LogP contribution < -0.4 is 9.47 Å². The molecule has 3 nitrogen and oxygen atoms in total. The van der Waals surface area contributed by atoms with Crippen molar-refractivity contribution >= 4 is 0 Å². The van der Waals surface area contributed by atoms with Crippen molar-refractivity contribution in [3.8, 4) is 11.5 Å². The Morgan fingerprint density at radius 3 is 2.35 bits per heavy atom. The summed E-state index contributed by atoms with van der Waals surface area (Å²) in [6, 6.07) is 10.8. The average molecular weight is 431 g/mol. The highest BCUT2D eigenvalue weighted by Crippen LogP contribution is 2.33. The van der Waals surface area contributed by atoms with Crippen LogP contribution in [0.1, 0.15) is 62.7 Å². The average Bonchev–Trinajstić information content (AvgIpc) is 2.81. The van der Waals surface area contributed by atoms with E-state index in [4.69, 9.17) is 14.2 Å². The van der Waals surface area contributed by atoms with Crippen molar-refractivity contribution in [1.82, 2.24) is 0 Å². The van der Waals surface area contributed by atoms with Crippen LogP contribution in [0.3, 0.4) is 0 Å². The van der Waals surface area contributed by atoms with E-state index in [1.54, 1.807) is 0 Å². The fourth-order valence-electron chi connectivity index (χ4n) is 3.70. The van der Waals surface area contributed by atoms with Crippen molar-refractivity contribution in [2.45, 2.75) is 58.2 Å². The Kier molecular flexibility index (Phi) is 8.89. The van der Waals surface area contributed by atoms with Crippen molar-refractivity contribution in [3.63, 3.8) is 0 Å². The van der Waals surface area contributed by atoms with Gasteiger partial charge in [-0.1, -0.05) is 43.7 Å². The second-order valence-corrected chi connectivity index (χ2v) is 8.05. The van der Waals surface area contributed by atoms with E-state index < -0.39 is 11.6 Å². The molecule has 2 atom stereocenters. The third-order valence-corrected chi connectivity index (χ3v) is 5.66. The summed E-state index contributed by atoms with van der Waals surface area (Å²) in [4.78, 5) is 0. The quantitative estimate of drug-likeness (QED) is 0.280. The number of hydrogen-bond acceptors (Lipinski definition) is 3. The van der Waals surface area contributed by atoms with Gasteiger partial charge in [0.2, 0.25) is 11.6 Å². The molecule has 2 aromatic rings. The van der Waals surface area contributed by atoms with Crippen LogP contribution in [0.15, 0.2) is 49.1 Å². The minimum absolute atomic E-state index is 0.0816. The topological polar surface area (TPSA) is 27.7 Å². The monoisotopic (exact) mass is 430 g/mol. The molecule has 0 N–H and O–H groups in total. The summed E-state index contributed by atoms with van der Waals surface area (Å²) < 4.78 is 45.3. The molecule has 1 saturated heterocycles. The van der Waals surface area contributed by atoms with Crippen LogP contribution in [0.2, 0.25) is 0 Å². The summed E-state index contributed by atoms with van der Waals surface area (Å²) in [6.45, 7) is 7.09. The SMILES string of the molecule is C=CCCC1CCC(c2ccc(COc3ccc(OCCCC)c(F)c3F)cc2)OC1. The highest BCUT2D eigenvalue weighted by atomic mass is 19.2. The van der Waals surface area contributed by atoms with Crippen LogP contribution in [-0.2, 0) is 11.3 Å². The highest BCUT2D eigenvalue weighted by Gasteiger charge is 2.22. The van der Waals surface area contributed by atoms with Gasteiger partial charge in [0.25, 0.3) is 0 Å². The molecule has 0 radical (unpaired) electrons. The highest BCUT2D eigenvalue weighted by molar-refractivity contribution is 5.35. The minimum Gasteiger partial charge on any atom is -0.490 e. The van der Waals surface area contributed by atoms with E-state index in [2.05, 4.69) is 6.58 Å². The maximum Gasteiger partial charge on any atom is 0.204 e. The summed E-state index contributed by atoms with van der Waals surface area (Å²) in [5.41, 5.74) is 2.02. The van der Waals surface area contributed by atoms with Gasteiger partial charge in [0, 0.05) is 0 Å². The van der Waals surface area contributed by atoms with E-state index in [1.165, 1.54) is 12.1 Å². The Hall–Kier alpha value is -2.40. The number of hydrogen-bond donors (Lipinski definition) is 0. The van der Waals surface area contributed by atoms with Crippen molar-refractivity contribution < 1.29 is 23.0 Å². The number of halogens is 2. The second-order valence-electron chi connectivity index (χ2n) is 8.05. The molecule has 5 heteroatoms. The zero-order chi connectivity index (χ0) is 22.1. The summed E-state index contributed by atoms with van der Waals surface area (Å²) in [7, 11) is 0. The largest absolute Gasteiger partial charge is 0.490 e. The van der Waals surface area contributed by atoms with Crippen LogP contribution >= 0.6 is 0 Å². The molecular weight excluding hydrogens is 398 g/mol. The number of rotatable bonds is 11. The first-order chi connectivity index (χ1) is 15.1. The van der Waals surface area contributed by atoms with E-state index in [9.17, 15) is 8.78 Å². The van der Waals surface area contributed by atoms with Gasteiger partial charge in [-0.2, -0.15) is 8.78 Å². The maximum absolute atomic E-state index is 14.3. The summed E-state index contributed by atoms with van der Waals surface area (Å²) in [6.07, 6.45) is 8.12. The fourth-order valence-corrected chi connectivity index (χ4v) is 3.70. The fraction of sp³-hybridized carbons (Fsp3) is 0.462. The van der Waals surface area contributed by atoms with Gasteiger partial charge in [-0.3, -0.25) is 0 Å². The Morgan fingerprint density at radius 2 is 1.74 bits per heavy atom. The minimum atomic E-state index is -1.02. The predicted molar refractivity (Wildman–Crippen MR) is 118 cm³/mol. The molecule has 168 valence electrons. The van der Waals surface area contributed by atoms with Crippen LogP contribution in [-0.4, -0.2) is 13.2 Å². The molecule has 3 rings (SSSR count). The maximum atomic E-state index is 14.3. The Bertz CT molecular complexity index is 827. The smallest absolute Gasteiger partial charge is 0.204 e. The van der Waals surface area contributed by atoms with E-state index in [0.29, 0.717) is 12.5 Å². The Balaban J connectivity index is 1.51. The van der Waals surface area contributed by atoms with Gasteiger partial charge in [0.15, 0.2) is 11.5 Å². The van der Waals surface area contributed by atoms with Crippen molar-refractivity contribution in [2.75, 3.05) is 13.2 Å². The zero-order valence-electron chi connectivity index (χ0n) is 18.2. The number of benzene rings is 2. The van der Waals surface area contributed by atoms with Gasteiger partial charge in [-0.25, -0.2) is 0 Å². The molecule has 1 heterocycles. The van der Waals surface area contributed by atoms with Crippen molar-refractivity contribution in [3.05, 3.63) is 71.8 Å². The Labute approximate surface area is 184 Å². The van der Waals surface area contributed by atoms with Gasteiger partial charge >= 0.3 is 0 Å². The van der Waals surface area contributed by atoms with Gasteiger partial charge < -0.3 is 14.2 Å². The lowest BCUT2D eigenvalue weighted by molar-refractivity contribution is -0.0190. The first-order valence-electron chi connectivity index (χ1n) is 11.2. The van der Waals surface area contributed by atoms with E-state index in [0.717, 1.165) is 56.3 Å². The third-order valence-electron chi connectivity index (χ3n) is 5.66. The molecule has 1 aliphatic rings. The molecule has 2 aromatic carbocycles. The molecule has 0 amide bonds. The molecular formula is C26H32F2O3. The molecule has 1 fully saturated rings. The van der Waals surface area contributed by atoms with E-state index in [1.807, 2.05) is 37.3 Å². The van der Waals surface area contributed by atoms with E-state index in [-0.39, 0.29) is 24.2 Å². The lowest BCUT2D eigenvalue weighted by atomic mass is 9.91. The lowest BCUT2D eigenvalue weighted by Crippen LogP contribution is -2.20. The summed E-state index contributed by atoms with van der Waals surface area (Å²) in [5.74, 6) is -1.62. The Morgan fingerprint density at radius 1 is 1.03 bits per heavy atom. The van der Waals surface area contributed by atoms with Crippen molar-refractivity contribution in [1.29, 1.82) is 0 Å². The third kappa shape index (κ3) is 6.54. The van der Waals surface area contributed by atoms with Gasteiger partial charge in [0.05, 0.1) is 19.3 Å². The molecule has 31 heavy (non-hydrogen) atoms. The first kappa shape index (κ1) is 23.3.